The Morgan fingerprint density at radius 1 is 1.40 bits per heavy atom. The molecule has 1 N–H and O–H groups in total. The topological polar surface area (TPSA) is 47.6 Å². The molecule has 1 amide bonds. The predicted molar refractivity (Wildman–Crippen MR) is 78.0 cm³/mol. The molecule has 1 heterocycles. The first-order valence-electron chi connectivity index (χ1n) is 7.08. The molecule has 2 rings (SSSR count). The van der Waals surface area contributed by atoms with Crippen molar-refractivity contribution in [2.24, 2.45) is 0 Å². The summed E-state index contributed by atoms with van der Waals surface area (Å²) in [4.78, 5) is 12.4. The standard InChI is InChI=1S/C16H23NO3/c1-16(2,12-6-8-13(19-3)9-7-12)15(18)17-11-14-5-4-10-20-14/h6-9,14H,4-5,10-11H2,1-3H3,(H,17,18). The molecule has 4 heteroatoms. The quantitative estimate of drug-likeness (QED) is 0.898. The lowest BCUT2D eigenvalue weighted by Gasteiger charge is -2.25. The third-order valence-electron chi connectivity index (χ3n) is 3.89. The lowest BCUT2D eigenvalue weighted by atomic mass is 9.83. The second kappa shape index (κ2) is 6.27. The van der Waals surface area contributed by atoms with Gasteiger partial charge in [0.05, 0.1) is 18.6 Å². The van der Waals surface area contributed by atoms with Crippen LogP contribution in [0, 0.1) is 0 Å². The Bertz CT molecular complexity index is 447. The van der Waals surface area contributed by atoms with E-state index < -0.39 is 5.41 Å². The number of hydrogen-bond acceptors (Lipinski definition) is 3. The Hall–Kier alpha value is -1.55. The molecule has 20 heavy (non-hydrogen) atoms. The van der Waals surface area contributed by atoms with Crippen LogP contribution in [0.2, 0.25) is 0 Å². The van der Waals surface area contributed by atoms with E-state index in [1.807, 2.05) is 38.1 Å². The Balaban J connectivity index is 1.97. The van der Waals surface area contributed by atoms with Gasteiger partial charge >= 0.3 is 0 Å². The van der Waals surface area contributed by atoms with Crippen molar-refractivity contribution in [2.45, 2.75) is 38.2 Å². The molecule has 1 aromatic rings. The minimum absolute atomic E-state index is 0.0261. The van der Waals surface area contributed by atoms with Gasteiger partial charge in [-0.05, 0) is 44.4 Å². The Kier molecular flexibility index (Phi) is 4.65. The van der Waals surface area contributed by atoms with Gasteiger partial charge in [0.2, 0.25) is 5.91 Å². The summed E-state index contributed by atoms with van der Waals surface area (Å²) in [5, 5.41) is 3.00. The van der Waals surface area contributed by atoms with Crippen molar-refractivity contribution in [3.63, 3.8) is 0 Å². The number of carbonyl (C=O) groups excluding carboxylic acids is 1. The number of hydrogen-bond donors (Lipinski definition) is 1. The molecule has 1 unspecified atom stereocenters. The summed E-state index contributed by atoms with van der Waals surface area (Å²) in [6.07, 6.45) is 2.29. The zero-order valence-electron chi connectivity index (χ0n) is 12.4. The Morgan fingerprint density at radius 2 is 2.10 bits per heavy atom. The van der Waals surface area contributed by atoms with E-state index in [1.54, 1.807) is 7.11 Å². The minimum Gasteiger partial charge on any atom is -0.497 e. The molecule has 1 fully saturated rings. The molecule has 1 saturated heterocycles. The van der Waals surface area contributed by atoms with Crippen molar-refractivity contribution < 1.29 is 14.3 Å². The molecule has 110 valence electrons. The molecule has 0 aromatic heterocycles. The summed E-state index contributed by atoms with van der Waals surface area (Å²) in [6.45, 7) is 5.26. The number of ether oxygens (including phenoxy) is 2. The maximum Gasteiger partial charge on any atom is 0.230 e. The molecule has 1 aliphatic rings. The predicted octanol–water partition coefficient (Wildman–Crippen LogP) is 2.27. The zero-order valence-corrected chi connectivity index (χ0v) is 12.4. The van der Waals surface area contributed by atoms with Gasteiger partial charge in [0.15, 0.2) is 0 Å². The van der Waals surface area contributed by atoms with Crippen LogP contribution in [-0.4, -0.2) is 32.3 Å². The van der Waals surface area contributed by atoms with Crippen LogP contribution >= 0.6 is 0 Å². The maximum absolute atomic E-state index is 12.4. The van der Waals surface area contributed by atoms with Gasteiger partial charge in [-0.1, -0.05) is 12.1 Å². The average molecular weight is 277 g/mol. The second-order valence-electron chi connectivity index (χ2n) is 5.70. The minimum atomic E-state index is -0.565. The maximum atomic E-state index is 12.4. The highest BCUT2D eigenvalue weighted by Gasteiger charge is 2.30. The van der Waals surface area contributed by atoms with Gasteiger partial charge in [-0.25, -0.2) is 0 Å². The molecule has 1 atom stereocenters. The molecule has 4 nitrogen and oxygen atoms in total. The molecular formula is C16H23NO3. The highest BCUT2D eigenvalue weighted by Crippen LogP contribution is 2.25. The number of nitrogens with one attached hydrogen (secondary N) is 1. The lowest BCUT2D eigenvalue weighted by Crippen LogP contribution is -2.43. The average Bonchev–Trinajstić information content (AvgIpc) is 2.98. The van der Waals surface area contributed by atoms with Crippen LogP contribution in [0.5, 0.6) is 5.75 Å². The summed E-state index contributed by atoms with van der Waals surface area (Å²) >= 11 is 0. The van der Waals surface area contributed by atoms with Gasteiger partial charge in [0.25, 0.3) is 0 Å². The van der Waals surface area contributed by atoms with Crippen LogP contribution < -0.4 is 10.1 Å². The van der Waals surface area contributed by atoms with E-state index >= 15 is 0 Å². The molecule has 0 bridgehead atoms. The van der Waals surface area contributed by atoms with Gasteiger partial charge in [0, 0.05) is 13.2 Å². The van der Waals surface area contributed by atoms with E-state index in [0.717, 1.165) is 30.8 Å². The second-order valence-corrected chi connectivity index (χ2v) is 5.70. The number of rotatable bonds is 5. The van der Waals surface area contributed by atoms with Gasteiger partial charge in [0.1, 0.15) is 5.75 Å². The molecule has 0 aliphatic carbocycles. The van der Waals surface area contributed by atoms with Crippen LogP contribution in [0.15, 0.2) is 24.3 Å². The third kappa shape index (κ3) is 3.31. The fourth-order valence-corrected chi connectivity index (χ4v) is 2.37. The Morgan fingerprint density at radius 3 is 2.65 bits per heavy atom. The molecule has 1 aromatic carbocycles. The van der Waals surface area contributed by atoms with E-state index in [4.69, 9.17) is 9.47 Å². The van der Waals surface area contributed by atoms with Crippen molar-refractivity contribution in [3.05, 3.63) is 29.8 Å². The van der Waals surface area contributed by atoms with Crippen LogP contribution in [-0.2, 0) is 14.9 Å². The fourth-order valence-electron chi connectivity index (χ4n) is 2.37. The van der Waals surface area contributed by atoms with Crippen molar-refractivity contribution in [2.75, 3.05) is 20.3 Å². The first-order valence-corrected chi connectivity index (χ1v) is 7.08. The molecule has 0 spiro atoms. The number of methoxy groups -OCH3 is 1. The summed E-state index contributed by atoms with van der Waals surface area (Å²) in [5.41, 5.74) is 0.411. The normalized spacial score (nSPS) is 18.9. The first-order chi connectivity index (χ1) is 9.54. The highest BCUT2D eigenvalue weighted by molar-refractivity contribution is 5.87. The zero-order chi connectivity index (χ0) is 14.6. The van der Waals surface area contributed by atoms with E-state index in [-0.39, 0.29) is 12.0 Å². The molecule has 0 radical (unpaired) electrons. The summed E-state index contributed by atoms with van der Waals surface area (Å²) in [5.74, 6) is 0.822. The van der Waals surface area contributed by atoms with Crippen molar-refractivity contribution in [3.8, 4) is 5.75 Å². The largest absolute Gasteiger partial charge is 0.497 e. The Labute approximate surface area is 120 Å². The number of amides is 1. The first kappa shape index (κ1) is 14.9. The van der Waals surface area contributed by atoms with E-state index in [0.29, 0.717) is 6.54 Å². The smallest absolute Gasteiger partial charge is 0.230 e. The SMILES string of the molecule is COc1ccc(C(C)(C)C(=O)NCC2CCCO2)cc1. The highest BCUT2D eigenvalue weighted by atomic mass is 16.5. The van der Waals surface area contributed by atoms with Crippen LogP contribution in [0.1, 0.15) is 32.3 Å². The van der Waals surface area contributed by atoms with Crippen molar-refractivity contribution in [1.29, 1.82) is 0 Å². The lowest BCUT2D eigenvalue weighted by molar-refractivity contribution is -0.126. The van der Waals surface area contributed by atoms with Crippen molar-refractivity contribution >= 4 is 5.91 Å². The van der Waals surface area contributed by atoms with Crippen LogP contribution in [0.25, 0.3) is 0 Å². The van der Waals surface area contributed by atoms with Crippen LogP contribution in [0.4, 0.5) is 0 Å². The van der Waals surface area contributed by atoms with E-state index in [2.05, 4.69) is 5.32 Å². The molecule has 0 saturated carbocycles. The fraction of sp³-hybridized carbons (Fsp3) is 0.562. The molecule has 1 aliphatic heterocycles. The summed E-state index contributed by atoms with van der Waals surface area (Å²) < 4.78 is 10.7. The van der Waals surface area contributed by atoms with Gasteiger partial charge in [-0.15, -0.1) is 0 Å². The van der Waals surface area contributed by atoms with E-state index in [9.17, 15) is 4.79 Å². The van der Waals surface area contributed by atoms with Gasteiger partial charge < -0.3 is 14.8 Å². The molecular weight excluding hydrogens is 254 g/mol. The number of benzene rings is 1. The number of carbonyl (C=O) groups is 1. The monoisotopic (exact) mass is 277 g/mol. The van der Waals surface area contributed by atoms with Crippen LogP contribution in [0.3, 0.4) is 0 Å². The third-order valence-corrected chi connectivity index (χ3v) is 3.89. The van der Waals surface area contributed by atoms with Crippen molar-refractivity contribution in [1.82, 2.24) is 5.32 Å². The van der Waals surface area contributed by atoms with E-state index in [1.165, 1.54) is 0 Å². The summed E-state index contributed by atoms with van der Waals surface area (Å²) in [7, 11) is 1.63. The summed E-state index contributed by atoms with van der Waals surface area (Å²) in [6, 6.07) is 7.63. The van der Waals surface area contributed by atoms with Gasteiger partial charge in [-0.3, -0.25) is 4.79 Å². The van der Waals surface area contributed by atoms with Gasteiger partial charge in [-0.2, -0.15) is 0 Å².